The Kier molecular flexibility index (Phi) is 5.81. The monoisotopic (exact) mass is 357 g/mol. The van der Waals surface area contributed by atoms with Crippen molar-refractivity contribution < 1.29 is 14.0 Å². The Morgan fingerprint density at radius 3 is 3.04 bits per heavy atom. The molecule has 1 atom stereocenters. The molecule has 2 heterocycles. The molecular weight excluding hydrogens is 333 g/mol. The number of benzene rings is 1. The molecule has 0 saturated carbocycles. The number of aromatic nitrogens is 1. The van der Waals surface area contributed by atoms with Crippen molar-refractivity contribution in [2.75, 3.05) is 13.1 Å². The third-order valence-corrected chi connectivity index (χ3v) is 4.84. The van der Waals surface area contributed by atoms with E-state index in [1.807, 2.05) is 11.8 Å². The van der Waals surface area contributed by atoms with Gasteiger partial charge in [0.15, 0.2) is 0 Å². The van der Waals surface area contributed by atoms with E-state index in [-0.39, 0.29) is 23.4 Å². The topological polar surface area (TPSA) is 62.3 Å². The van der Waals surface area contributed by atoms with E-state index in [0.717, 1.165) is 25.8 Å². The molecule has 5 nitrogen and oxygen atoms in total. The Labute approximate surface area is 152 Å². The fourth-order valence-corrected chi connectivity index (χ4v) is 3.60. The summed E-state index contributed by atoms with van der Waals surface area (Å²) >= 11 is 0. The zero-order valence-electron chi connectivity index (χ0n) is 15.0. The number of hydrogen-bond donors (Lipinski definition) is 1. The van der Waals surface area contributed by atoms with Crippen LogP contribution in [0.3, 0.4) is 0 Å². The fraction of sp³-hybridized carbons (Fsp3) is 0.450. The van der Waals surface area contributed by atoms with Crippen molar-refractivity contribution in [1.82, 2.24) is 15.2 Å². The minimum Gasteiger partial charge on any atom is -0.352 e. The van der Waals surface area contributed by atoms with Gasteiger partial charge in [0.2, 0.25) is 5.91 Å². The van der Waals surface area contributed by atoms with Crippen molar-refractivity contribution >= 4 is 22.7 Å². The second-order valence-electron chi connectivity index (χ2n) is 6.71. The predicted molar refractivity (Wildman–Crippen MR) is 98.3 cm³/mol. The standard InChI is InChI=1S/C20H24FN3O2/c1-2-5-18(25)24-11-4-7-16(24)8-10-23-20(26)17-13-15(21)12-14-6-3-9-22-19(14)17/h3,6,9,12-13,16H,2,4-5,7-8,10-11H2,1H3,(H,23,26)/t16-/m1/s1. The van der Waals surface area contributed by atoms with Crippen LogP contribution in [-0.4, -0.2) is 40.8 Å². The van der Waals surface area contributed by atoms with E-state index in [2.05, 4.69) is 10.3 Å². The summed E-state index contributed by atoms with van der Waals surface area (Å²) in [6.07, 6.45) is 5.69. The van der Waals surface area contributed by atoms with E-state index >= 15 is 0 Å². The first kappa shape index (κ1) is 18.3. The quantitative estimate of drug-likeness (QED) is 0.863. The van der Waals surface area contributed by atoms with Gasteiger partial charge in [0, 0.05) is 37.1 Å². The summed E-state index contributed by atoms with van der Waals surface area (Å²) in [4.78, 5) is 30.8. The third kappa shape index (κ3) is 4.00. The maximum atomic E-state index is 13.8. The number of nitrogens with zero attached hydrogens (tertiary/aromatic N) is 2. The zero-order valence-corrected chi connectivity index (χ0v) is 15.0. The number of amides is 2. The number of carbonyl (C=O) groups is 2. The molecule has 138 valence electrons. The van der Waals surface area contributed by atoms with E-state index in [1.54, 1.807) is 18.3 Å². The number of likely N-dealkylation sites (tertiary alicyclic amines) is 1. The summed E-state index contributed by atoms with van der Waals surface area (Å²) in [7, 11) is 0. The lowest BCUT2D eigenvalue weighted by Gasteiger charge is -2.24. The van der Waals surface area contributed by atoms with Crippen LogP contribution in [0.1, 0.15) is 49.4 Å². The van der Waals surface area contributed by atoms with Gasteiger partial charge < -0.3 is 10.2 Å². The molecule has 0 unspecified atom stereocenters. The molecule has 3 rings (SSSR count). The van der Waals surface area contributed by atoms with Crippen molar-refractivity contribution in [2.24, 2.45) is 0 Å². The van der Waals surface area contributed by atoms with Crippen LogP contribution in [0.2, 0.25) is 0 Å². The molecule has 1 saturated heterocycles. The van der Waals surface area contributed by atoms with Gasteiger partial charge in [0.25, 0.3) is 5.91 Å². The van der Waals surface area contributed by atoms with Crippen LogP contribution in [-0.2, 0) is 4.79 Å². The highest BCUT2D eigenvalue weighted by Crippen LogP contribution is 2.22. The van der Waals surface area contributed by atoms with Gasteiger partial charge in [-0.05, 0) is 43.9 Å². The molecule has 1 fully saturated rings. The number of fused-ring (bicyclic) bond motifs is 1. The molecule has 26 heavy (non-hydrogen) atoms. The van der Waals surface area contributed by atoms with Crippen molar-refractivity contribution in [1.29, 1.82) is 0 Å². The smallest absolute Gasteiger partial charge is 0.253 e. The molecule has 6 heteroatoms. The van der Waals surface area contributed by atoms with Gasteiger partial charge in [-0.25, -0.2) is 4.39 Å². The molecular formula is C20H24FN3O2. The first-order chi connectivity index (χ1) is 12.6. The Hall–Kier alpha value is -2.50. The first-order valence-corrected chi connectivity index (χ1v) is 9.22. The lowest BCUT2D eigenvalue weighted by atomic mass is 10.1. The zero-order chi connectivity index (χ0) is 18.5. The van der Waals surface area contributed by atoms with Gasteiger partial charge >= 0.3 is 0 Å². The molecule has 0 radical (unpaired) electrons. The largest absolute Gasteiger partial charge is 0.352 e. The SMILES string of the molecule is CCCC(=O)N1CCC[C@@H]1CCNC(=O)c1cc(F)cc2cccnc12. The summed E-state index contributed by atoms with van der Waals surface area (Å²) in [5, 5.41) is 3.45. The molecule has 2 amide bonds. The molecule has 1 N–H and O–H groups in total. The molecule has 0 spiro atoms. The number of hydrogen-bond acceptors (Lipinski definition) is 3. The average Bonchev–Trinajstić information content (AvgIpc) is 3.09. The van der Waals surface area contributed by atoms with E-state index in [4.69, 9.17) is 0 Å². The number of rotatable bonds is 6. The lowest BCUT2D eigenvalue weighted by Crippen LogP contribution is -2.38. The van der Waals surface area contributed by atoms with Gasteiger partial charge in [0.1, 0.15) is 5.82 Å². The summed E-state index contributed by atoms with van der Waals surface area (Å²) in [5.41, 5.74) is 0.734. The second kappa shape index (κ2) is 8.25. The van der Waals surface area contributed by atoms with Crippen LogP contribution >= 0.6 is 0 Å². The van der Waals surface area contributed by atoms with Gasteiger partial charge in [-0.15, -0.1) is 0 Å². The number of nitrogens with one attached hydrogen (secondary N) is 1. The van der Waals surface area contributed by atoms with Crippen LogP contribution in [0.4, 0.5) is 4.39 Å². The highest BCUT2D eigenvalue weighted by molar-refractivity contribution is 6.05. The fourth-order valence-electron chi connectivity index (χ4n) is 3.60. The summed E-state index contributed by atoms with van der Waals surface area (Å²) in [6.45, 7) is 3.25. The third-order valence-electron chi connectivity index (χ3n) is 4.84. The van der Waals surface area contributed by atoms with Crippen LogP contribution in [0, 0.1) is 5.82 Å². The normalized spacial score (nSPS) is 16.8. The van der Waals surface area contributed by atoms with Crippen LogP contribution in [0.15, 0.2) is 30.5 Å². The van der Waals surface area contributed by atoms with Crippen molar-refractivity contribution in [2.45, 2.75) is 45.1 Å². The summed E-state index contributed by atoms with van der Waals surface area (Å²) < 4.78 is 13.8. The average molecular weight is 357 g/mol. The lowest BCUT2D eigenvalue weighted by molar-refractivity contribution is -0.132. The maximum absolute atomic E-state index is 13.8. The molecule has 1 aliphatic heterocycles. The number of pyridine rings is 1. The van der Waals surface area contributed by atoms with Crippen molar-refractivity contribution in [3.63, 3.8) is 0 Å². The van der Waals surface area contributed by atoms with E-state index in [1.165, 1.54) is 12.1 Å². The predicted octanol–water partition coefficient (Wildman–Crippen LogP) is 3.28. The first-order valence-electron chi connectivity index (χ1n) is 9.22. The van der Waals surface area contributed by atoms with Gasteiger partial charge in [-0.3, -0.25) is 14.6 Å². The van der Waals surface area contributed by atoms with E-state index < -0.39 is 5.82 Å². The molecule has 1 aromatic heterocycles. The van der Waals surface area contributed by atoms with Crippen LogP contribution in [0.5, 0.6) is 0 Å². The van der Waals surface area contributed by atoms with Gasteiger partial charge in [-0.2, -0.15) is 0 Å². The molecule has 2 aromatic rings. The Morgan fingerprint density at radius 2 is 2.23 bits per heavy atom. The summed E-state index contributed by atoms with van der Waals surface area (Å²) in [6, 6.07) is 6.21. The molecule has 0 aliphatic carbocycles. The Morgan fingerprint density at radius 1 is 1.38 bits per heavy atom. The van der Waals surface area contributed by atoms with Crippen LogP contribution in [0.25, 0.3) is 10.9 Å². The molecule has 1 aliphatic rings. The maximum Gasteiger partial charge on any atom is 0.253 e. The molecule has 0 bridgehead atoms. The Bertz CT molecular complexity index is 809. The van der Waals surface area contributed by atoms with Crippen molar-refractivity contribution in [3.05, 3.63) is 41.8 Å². The second-order valence-corrected chi connectivity index (χ2v) is 6.71. The van der Waals surface area contributed by atoms with Crippen molar-refractivity contribution in [3.8, 4) is 0 Å². The minimum atomic E-state index is -0.456. The number of halogens is 1. The summed E-state index contributed by atoms with van der Waals surface area (Å²) in [5.74, 6) is -0.595. The highest BCUT2D eigenvalue weighted by Gasteiger charge is 2.27. The van der Waals surface area contributed by atoms with E-state index in [0.29, 0.717) is 30.3 Å². The number of carbonyl (C=O) groups excluding carboxylic acids is 2. The molecule has 1 aromatic carbocycles. The van der Waals surface area contributed by atoms with Gasteiger partial charge in [0.05, 0.1) is 11.1 Å². The Balaban J connectivity index is 1.62. The van der Waals surface area contributed by atoms with E-state index in [9.17, 15) is 14.0 Å². The highest BCUT2D eigenvalue weighted by atomic mass is 19.1. The van der Waals surface area contributed by atoms with Crippen LogP contribution < -0.4 is 5.32 Å². The van der Waals surface area contributed by atoms with Gasteiger partial charge in [-0.1, -0.05) is 13.0 Å². The minimum absolute atomic E-state index is 0.178.